The summed E-state index contributed by atoms with van der Waals surface area (Å²) in [6.07, 6.45) is 0. The largest absolute Gasteiger partial charge is 0.454 e. The smallest absolute Gasteiger partial charge is 0.231 e. The first kappa shape index (κ1) is 49.3. The molecule has 0 spiro atoms. The van der Waals surface area contributed by atoms with Gasteiger partial charge in [-0.25, -0.2) is 0 Å². The zero-order valence-corrected chi connectivity index (χ0v) is 43.2. The van der Waals surface area contributed by atoms with E-state index in [1.165, 1.54) is 31.8 Å². The Bertz CT molecular complexity index is 2570. The number of hydrogen-bond donors (Lipinski definition) is 2. The third-order valence-electron chi connectivity index (χ3n) is 11.4. The van der Waals surface area contributed by atoms with Crippen LogP contribution in [0.3, 0.4) is 0 Å². The fraction of sp³-hybridized carbons (Fsp3) is 0.111. The zero-order chi connectivity index (χ0) is 47.2. The Hall–Kier alpha value is -5.11. The first-order chi connectivity index (χ1) is 33.4. The van der Waals surface area contributed by atoms with E-state index in [9.17, 15) is 0 Å². The van der Waals surface area contributed by atoms with Gasteiger partial charge >= 0.3 is 34.5 Å². The third-order valence-corrected chi connectivity index (χ3v) is 18.5. The van der Waals surface area contributed by atoms with Gasteiger partial charge < -0.3 is 39.9 Å². The molecule has 10 rings (SSSR count). The average Bonchev–Trinajstić information content (AvgIpc) is 4.10. The maximum Gasteiger partial charge on any atom is 0.231 e. The Balaban J connectivity index is 0.000000227. The molecule has 4 N–H and O–H groups in total. The van der Waals surface area contributed by atoms with Gasteiger partial charge in [-0.15, -0.1) is 0 Å². The van der Waals surface area contributed by atoms with E-state index in [0.29, 0.717) is 0 Å². The third kappa shape index (κ3) is 11.7. The van der Waals surface area contributed by atoms with Gasteiger partial charge in [-0.2, -0.15) is 0 Å². The molecule has 2 unspecified atom stereocenters. The molecule has 14 heteroatoms. The number of methoxy groups -OCH3 is 2. The molecule has 2 heterocycles. The minimum absolute atomic E-state index is 0.202. The Morgan fingerprint density at radius 2 is 0.765 bits per heavy atom. The van der Waals surface area contributed by atoms with Crippen LogP contribution in [-0.2, 0) is 15.1 Å². The van der Waals surface area contributed by atoms with Crippen LogP contribution in [0.1, 0.15) is 23.2 Å². The second kappa shape index (κ2) is 24.4. The molecular formula is C54H50Cl2N2O6P2RuS+4. The number of benzene rings is 8. The van der Waals surface area contributed by atoms with Crippen molar-refractivity contribution in [3.05, 3.63) is 205 Å². The van der Waals surface area contributed by atoms with E-state index in [4.69, 9.17) is 59.3 Å². The van der Waals surface area contributed by atoms with Gasteiger partial charge in [0.05, 0.1) is 30.1 Å². The van der Waals surface area contributed by atoms with Crippen LogP contribution in [0.5, 0.6) is 34.5 Å². The molecule has 0 bridgehead atoms. The van der Waals surface area contributed by atoms with E-state index < -0.39 is 15.8 Å². The second-order valence-corrected chi connectivity index (χ2v) is 23.9. The molecule has 0 amide bonds. The predicted octanol–water partition coefficient (Wildman–Crippen LogP) is 10.1. The van der Waals surface area contributed by atoms with Gasteiger partial charge in [-0.1, -0.05) is 109 Å². The van der Waals surface area contributed by atoms with Crippen molar-refractivity contribution in [2.75, 3.05) is 27.8 Å². The molecule has 0 fully saturated rings. The summed E-state index contributed by atoms with van der Waals surface area (Å²) in [6.45, 7) is 0.404. The van der Waals surface area contributed by atoms with Crippen LogP contribution in [0.2, 0.25) is 0 Å². The van der Waals surface area contributed by atoms with Gasteiger partial charge in [0.15, 0.2) is 23.0 Å². The average molecular weight is 1090 g/mol. The van der Waals surface area contributed by atoms with Gasteiger partial charge in [0, 0.05) is 12.1 Å². The minimum atomic E-state index is -1.42. The topological polar surface area (TPSA) is 107 Å². The monoisotopic (exact) mass is 1090 g/mol. The molecule has 0 radical (unpaired) electrons. The molecular weight excluding hydrogens is 1040 g/mol. The van der Waals surface area contributed by atoms with Crippen molar-refractivity contribution < 1.29 is 43.6 Å². The van der Waals surface area contributed by atoms with Crippen LogP contribution < -0.4 is 71.7 Å². The Morgan fingerprint density at radius 1 is 0.456 bits per heavy atom. The van der Waals surface area contributed by atoms with Crippen molar-refractivity contribution in [3.8, 4) is 34.5 Å². The summed E-state index contributed by atoms with van der Waals surface area (Å²) in [5.74, 6) is 4.74. The molecule has 0 saturated carbocycles. The standard InChI is InChI=1S/C38H28O4P2S.C16H20N2O2.2ClH.Ru/c1-5-13-27(14-6-1)43(28-15-7-2-8-16-28)33-23-21-31-35(41-25-39-31)37(33)45-38-34(24-22-32-36(38)42-26-40-32)44(29-17-9-3-10-18-29)30-19-11-4-12-20-30;1-19-13-7-3-11(4-8-13)15(17)16(18)12-5-9-14(20-2)10-6-12;;;/h1-24H,25-26H2;3-10,15-16H,17-18H2,1-2H3;2*1H;/q;;;;+4. The van der Waals surface area contributed by atoms with Crippen LogP contribution in [0, 0.1) is 0 Å². The van der Waals surface area contributed by atoms with Crippen molar-refractivity contribution in [3.63, 3.8) is 0 Å². The molecule has 8 nitrogen and oxygen atoms in total. The summed E-state index contributed by atoms with van der Waals surface area (Å²) >= 11 is 1.38. The normalized spacial score (nSPS) is 12.9. The van der Waals surface area contributed by atoms with E-state index in [0.717, 1.165) is 55.4 Å². The summed E-state index contributed by atoms with van der Waals surface area (Å²) in [6, 6.07) is 66.7. The number of hydrogen-bond acceptors (Lipinski definition) is 9. The van der Waals surface area contributed by atoms with Crippen molar-refractivity contribution in [2.24, 2.45) is 11.5 Å². The zero-order valence-electron chi connectivity index (χ0n) is 37.2. The molecule has 68 heavy (non-hydrogen) atoms. The number of rotatable bonds is 13. The summed E-state index contributed by atoms with van der Waals surface area (Å²) in [7, 11) is 10.1. The molecule has 0 aliphatic carbocycles. The molecule has 0 saturated heterocycles. The number of fused-ring (bicyclic) bond motifs is 2. The van der Waals surface area contributed by atoms with E-state index in [2.05, 4.69) is 146 Å². The first-order valence-corrected chi connectivity index (χ1v) is 29.8. The predicted molar refractivity (Wildman–Crippen MR) is 281 cm³/mol. The van der Waals surface area contributed by atoms with Crippen molar-refractivity contribution in [2.45, 2.75) is 21.9 Å². The Kier molecular flexibility index (Phi) is 17.7. The van der Waals surface area contributed by atoms with Crippen LogP contribution in [-0.4, -0.2) is 27.8 Å². The molecule has 8 aromatic rings. The maximum atomic E-state index is 6.26. The molecule has 0 aromatic heterocycles. The number of halogens is 2. The molecule has 2 aliphatic heterocycles. The number of ether oxygens (including phenoxy) is 6. The molecule has 8 aromatic carbocycles. The first-order valence-electron chi connectivity index (χ1n) is 21.6. The summed E-state index contributed by atoms with van der Waals surface area (Å²) in [4.78, 5) is 2.14. The molecule has 346 valence electrons. The van der Waals surface area contributed by atoms with E-state index >= 15 is 0 Å². The fourth-order valence-electron chi connectivity index (χ4n) is 8.03. The van der Waals surface area contributed by atoms with E-state index in [1.54, 1.807) is 26.0 Å². The van der Waals surface area contributed by atoms with Gasteiger partial charge in [0.25, 0.3) is 0 Å². The van der Waals surface area contributed by atoms with Crippen LogP contribution in [0.4, 0.5) is 0 Å². The van der Waals surface area contributed by atoms with E-state index in [-0.39, 0.29) is 40.8 Å². The Morgan fingerprint density at radius 3 is 1.06 bits per heavy atom. The van der Waals surface area contributed by atoms with Crippen molar-refractivity contribution >= 4 is 78.8 Å². The van der Waals surface area contributed by atoms with Crippen molar-refractivity contribution in [1.82, 2.24) is 0 Å². The Labute approximate surface area is 420 Å². The van der Waals surface area contributed by atoms with Crippen molar-refractivity contribution in [1.29, 1.82) is 0 Å². The second-order valence-electron chi connectivity index (χ2n) is 15.3. The van der Waals surface area contributed by atoms with Gasteiger partial charge in [0.1, 0.15) is 53.1 Å². The number of nitrogens with two attached hydrogens (primary N) is 2. The fourth-order valence-corrected chi connectivity index (χ4v) is 15.2. The maximum absolute atomic E-state index is 6.26. The van der Waals surface area contributed by atoms with Crippen LogP contribution >= 0.6 is 47.0 Å². The van der Waals surface area contributed by atoms with Crippen LogP contribution in [0.25, 0.3) is 0 Å². The van der Waals surface area contributed by atoms with Gasteiger partial charge in [-0.05, 0) is 108 Å². The minimum Gasteiger partial charge on any atom is -0.454 e. The summed E-state index contributed by atoms with van der Waals surface area (Å²) < 4.78 is 34.7. The molecule has 2 atom stereocenters. The molecule has 2 aliphatic rings. The van der Waals surface area contributed by atoms with Crippen LogP contribution in [0.15, 0.2) is 204 Å². The SMILES string of the molecule is COc1ccc(C(N)C(N)c2ccc(OC)cc2)cc1.[Cl][Ru+2][Cl].c1ccc([PH+](c2ccccc2)c2ccc3c(c2Sc2c([PH+](c4ccccc4)c4ccccc4)ccc4c2OCO4)OCO3)cc1. The summed E-state index contributed by atoms with van der Waals surface area (Å²) in [5.41, 5.74) is 14.4. The quantitative estimate of drug-likeness (QED) is 0.0863. The van der Waals surface area contributed by atoms with E-state index in [1.807, 2.05) is 48.5 Å². The van der Waals surface area contributed by atoms with Gasteiger partial charge in [0.2, 0.25) is 13.6 Å². The summed E-state index contributed by atoms with van der Waals surface area (Å²) in [5, 5.41) is 7.75. The van der Waals surface area contributed by atoms with Gasteiger partial charge in [-0.3, -0.25) is 0 Å².